The van der Waals surface area contributed by atoms with Gasteiger partial charge in [0, 0.05) is 24.2 Å². The fourth-order valence-electron chi connectivity index (χ4n) is 2.00. The molecule has 0 fully saturated rings. The summed E-state index contributed by atoms with van der Waals surface area (Å²) in [5.74, 6) is 0. The van der Waals surface area contributed by atoms with E-state index in [0.29, 0.717) is 5.39 Å². The summed E-state index contributed by atoms with van der Waals surface area (Å²) < 4.78 is 29.5. The molecule has 5 heteroatoms. The quantitative estimate of drug-likeness (QED) is 0.464. The minimum Gasteiger partial charge on any atom is -0.266 e. The third-order valence-corrected chi connectivity index (χ3v) is 4.38. The molecule has 0 N–H and O–H groups in total. The Kier molecular flexibility index (Phi) is 6.77. The largest absolute Gasteiger partial charge is 0.297 e. The van der Waals surface area contributed by atoms with Crippen LogP contribution in [0.4, 0.5) is 0 Å². The van der Waals surface area contributed by atoms with Gasteiger partial charge in [-0.05, 0) is 17.9 Å². The first kappa shape index (κ1) is 17.3. The normalized spacial score (nSPS) is 11.2. The molecule has 2 aromatic rings. The molecule has 2 aromatic carbocycles. The summed E-state index contributed by atoms with van der Waals surface area (Å²) in [6.07, 6.45) is 2.78. The molecule has 0 spiro atoms. The maximum atomic E-state index is 12.2. The van der Waals surface area contributed by atoms with Gasteiger partial charge in [-0.3, -0.25) is 4.18 Å². The van der Waals surface area contributed by atoms with Crippen molar-refractivity contribution in [2.75, 3.05) is 6.61 Å². The molecule has 3 nitrogen and oxygen atoms in total. The standard InChI is InChI=1S/C15H18O3S.Li/c1-2-3-6-12-18-19(16,17)15-11-7-9-13-8-4-5-10-14(13)15;/h4-5,7-11H,2-3,6,12H2,1H3;. The molecule has 0 atom stereocenters. The summed E-state index contributed by atoms with van der Waals surface area (Å²) in [6, 6.07) is 12.6. The minimum atomic E-state index is -3.67. The van der Waals surface area contributed by atoms with Crippen molar-refractivity contribution in [3.05, 3.63) is 42.5 Å². The molecule has 0 bridgehead atoms. The monoisotopic (exact) mass is 285 g/mol. The van der Waals surface area contributed by atoms with E-state index in [1.54, 1.807) is 18.2 Å². The first-order valence-corrected chi connectivity index (χ1v) is 7.93. The van der Waals surface area contributed by atoms with E-state index in [9.17, 15) is 8.42 Å². The van der Waals surface area contributed by atoms with Gasteiger partial charge in [0.25, 0.3) is 10.1 Å². The summed E-state index contributed by atoms with van der Waals surface area (Å²) in [7, 11) is -3.67. The Morgan fingerprint density at radius 1 is 1.00 bits per heavy atom. The Morgan fingerprint density at radius 3 is 2.45 bits per heavy atom. The smallest absolute Gasteiger partial charge is 0.266 e. The van der Waals surface area contributed by atoms with E-state index in [0.717, 1.165) is 24.6 Å². The van der Waals surface area contributed by atoms with Gasteiger partial charge >= 0.3 is 0 Å². The topological polar surface area (TPSA) is 43.4 Å². The Hall–Kier alpha value is -0.793. The third kappa shape index (κ3) is 4.10. The molecule has 0 heterocycles. The summed E-state index contributed by atoms with van der Waals surface area (Å²) in [6.45, 7) is 2.32. The second kappa shape index (κ2) is 7.85. The molecule has 0 aromatic heterocycles. The van der Waals surface area contributed by atoms with E-state index in [1.165, 1.54) is 0 Å². The van der Waals surface area contributed by atoms with Crippen molar-refractivity contribution in [1.82, 2.24) is 0 Å². The van der Waals surface area contributed by atoms with Gasteiger partial charge < -0.3 is 0 Å². The van der Waals surface area contributed by atoms with Gasteiger partial charge in [-0.2, -0.15) is 8.42 Å². The van der Waals surface area contributed by atoms with Crippen molar-refractivity contribution < 1.29 is 12.6 Å². The number of fused-ring (bicyclic) bond motifs is 1. The van der Waals surface area contributed by atoms with Crippen molar-refractivity contribution in [2.24, 2.45) is 0 Å². The van der Waals surface area contributed by atoms with Crippen molar-refractivity contribution in [1.29, 1.82) is 0 Å². The number of hydrogen-bond donors (Lipinski definition) is 0. The third-order valence-electron chi connectivity index (χ3n) is 3.01. The molecular weight excluding hydrogens is 267 g/mol. The van der Waals surface area contributed by atoms with E-state index in [1.807, 2.05) is 24.3 Å². The van der Waals surface area contributed by atoms with Gasteiger partial charge in [0.05, 0.1) is 6.61 Å². The molecule has 0 aliphatic rings. The van der Waals surface area contributed by atoms with Crippen LogP contribution in [0.1, 0.15) is 26.2 Å². The van der Waals surface area contributed by atoms with E-state index in [4.69, 9.17) is 4.18 Å². The first-order chi connectivity index (χ1) is 9.15. The zero-order chi connectivity index (χ0) is 13.7. The molecule has 20 heavy (non-hydrogen) atoms. The molecule has 0 aliphatic heterocycles. The zero-order valence-corrected chi connectivity index (χ0v) is 12.8. The first-order valence-electron chi connectivity index (χ1n) is 6.52. The Morgan fingerprint density at radius 2 is 1.70 bits per heavy atom. The Balaban J connectivity index is 0.00000200. The van der Waals surface area contributed by atoms with E-state index in [-0.39, 0.29) is 30.4 Å². The van der Waals surface area contributed by atoms with Crippen LogP contribution in [-0.4, -0.2) is 33.9 Å². The van der Waals surface area contributed by atoms with Gasteiger partial charge in [0.1, 0.15) is 4.90 Å². The van der Waals surface area contributed by atoms with E-state index >= 15 is 0 Å². The second-order valence-electron chi connectivity index (χ2n) is 4.46. The van der Waals surface area contributed by atoms with Gasteiger partial charge in [0.15, 0.2) is 0 Å². The molecule has 0 aliphatic carbocycles. The van der Waals surface area contributed by atoms with Crippen molar-refractivity contribution in [3.8, 4) is 0 Å². The van der Waals surface area contributed by atoms with E-state index in [2.05, 4.69) is 6.92 Å². The molecular formula is C15H18LiO3S. The molecule has 0 saturated carbocycles. The molecule has 0 unspecified atom stereocenters. The van der Waals surface area contributed by atoms with Crippen LogP contribution >= 0.6 is 0 Å². The van der Waals surface area contributed by atoms with Crippen LogP contribution in [0, 0.1) is 0 Å². The molecule has 0 saturated heterocycles. The van der Waals surface area contributed by atoms with Crippen LogP contribution in [0.5, 0.6) is 0 Å². The van der Waals surface area contributed by atoms with Crippen LogP contribution in [0.2, 0.25) is 0 Å². The van der Waals surface area contributed by atoms with Gasteiger partial charge in [-0.25, -0.2) is 0 Å². The number of rotatable bonds is 6. The second-order valence-corrected chi connectivity index (χ2v) is 6.04. The zero-order valence-electron chi connectivity index (χ0n) is 12.0. The summed E-state index contributed by atoms with van der Waals surface area (Å²) in [5, 5.41) is 1.61. The summed E-state index contributed by atoms with van der Waals surface area (Å²) in [5.41, 5.74) is 0. The van der Waals surface area contributed by atoms with Gasteiger partial charge in [-0.1, -0.05) is 56.2 Å². The average molecular weight is 285 g/mol. The predicted octanol–water partition coefficient (Wildman–Crippen LogP) is 3.35. The van der Waals surface area contributed by atoms with Crippen LogP contribution in [0.3, 0.4) is 0 Å². The van der Waals surface area contributed by atoms with Crippen LogP contribution in [-0.2, 0) is 14.3 Å². The van der Waals surface area contributed by atoms with Crippen LogP contribution in [0.15, 0.2) is 47.4 Å². The molecule has 1 radical (unpaired) electrons. The predicted molar refractivity (Wildman–Crippen MR) is 82.4 cm³/mol. The molecule has 0 amide bonds. The van der Waals surface area contributed by atoms with E-state index < -0.39 is 10.1 Å². The number of hydrogen-bond acceptors (Lipinski definition) is 3. The fourth-order valence-corrected chi connectivity index (χ4v) is 3.16. The van der Waals surface area contributed by atoms with Crippen LogP contribution < -0.4 is 0 Å². The molecule has 2 rings (SSSR count). The SMILES string of the molecule is CCCCCOS(=O)(=O)c1cccc2ccccc12.[Li]. The molecule has 103 valence electrons. The number of unbranched alkanes of at least 4 members (excludes halogenated alkanes) is 2. The average Bonchev–Trinajstić information content (AvgIpc) is 2.43. The Labute approximate surface area is 132 Å². The van der Waals surface area contributed by atoms with Crippen LogP contribution in [0.25, 0.3) is 10.8 Å². The van der Waals surface area contributed by atoms with Crippen molar-refractivity contribution in [2.45, 2.75) is 31.1 Å². The van der Waals surface area contributed by atoms with Gasteiger partial charge in [0.2, 0.25) is 0 Å². The van der Waals surface area contributed by atoms with Gasteiger partial charge in [-0.15, -0.1) is 0 Å². The fraction of sp³-hybridized carbons (Fsp3) is 0.333. The summed E-state index contributed by atoms with van der Waals surface area (Å²) in [4.78, 5) is 0.252. The minimum absolute atomic E-state index is 0. The number of benzene rings is 2. The van der Waals surface area contributed by atoms with Crippen molar-refractivity contribution >= 4 is 39.8 Å². The Bertz CT molecular complexity index is 648. The summed E-state index contributed by atoms with van der Waals surface area (Å²) >= 11 is 0. The maximum Gasteiger partial charge on any atom is 0.297 e. The van der Waals surface area contributed by atoms with Crippen molar-refractivity contribution in [3.63, 3.8) is 0 Å². The maximum absolute atomic E-state index is 12.2.